The summed E-state index contributed by atoms with van der Waals surface area (Å²) < 4.78 is 0. The van der Waals surface area contributed by atoms with Crippen LogP contribution in [0.4, 0.5) is 0 Å². The maximum atomic E-state index is 11.6. The first-order valence-electron chi connectivity index (χ1n) is 5.79. The van der Waals surface area contributed by atoms with Gasteiger partial charge in [-0.3, -0.25) is 4.79 Å². The number of rotatable bonds is 5. The summed E-state index contributed by atoms with van der Waals surface area (Å²) in [5, 5.41) is 12.0. The Hall–Kier alpha value is -0.610. The summed E-state index contributed by atoms with van der Waals surface area (Å²) in [5.74, 6) is 0.861. The zero-order chi connectivity index (χ0) is 11.1. The summed E-state index contributed by atoms with van der Waals surface area (Å²) >= 11 is 0. The van der Waals surface area contributed by atoms with E-state index in [0.717, 1.165) is 19.5 Å². The molecule has 88 valence electrons. The van der Waals surface area contributed by atoms with E-state index in [1.165, 1.54) is 12.8 Å². The highest BCUT2D eigenvalue weighted by molar-refractivity contribution is 5.75. The lowest BCUT2D eigenvalue weighted by atomic mass is 9.93. The highest BCUT2D eigenvalue weighted by atomic mass is 16.3. The fraction of sp³-hybridized carbons (Fsp3) is 0.909. The van der Waals surface area contributed by atoms with Crippen molar-refractivity contribution in [3.8, 4) is 0 Å². The van der Waals surface area contributed by atoms with Crippen molar-refractivity contribution in [2.75, 3.05) is 33.3 Å². The number of hydrogen-bond acceptors (Lipinski definition) is 3. The SMILES string of the molecule is CN(CCO)C(=O)CCC1CCNCC1. The van der Waals surface area contributed by atoms with Gasteiger partial charge in [-0.25, -0.2) is 0 Å². The number of aliphatic hydroxyl groups excluding tert-OH is 1. The molecule has 1 rings (SSSR count). The predicted octanol–water partition coefficient (Wildman–Crippen LogP) is 0.217. The van der Waals surface area contributed by atoms with Crippen LogP contribution in [-0.2, 0) is 4.79 Å². The molecule has 4 heteroatoms. The molecule has 1 aliphatic heterocycles. The van der Waals surface area contributed by atoms with Crippen LogP contribution in [0.2, 0.25) is 0 Å². The van der Waals surface area contributed by atoms with Gasteiger partial charge < -0.3 is 15.3 Å². The molecule has 0 atom stereocenters. The van der Waals surface area contributed by atoms with Crippen LogP contribution < -0.4 is 5.32 Å². The Bertz CT molecular complexity index is 191. The molecule has 0 aromatic heterocycles. The number of nitrogens with one attached hydrogen (secondary N) is 1. The number of carbonyl (C=O) groups excluding carboxylic acids is 1. The summed E-state index contributed by atoms with van der Waals surface area (Å²) in [7, 11) is 1.75. The van der Waals surface area contributed by atoms with Gasteiger partial charge in [-0.05, 0) is 38.3 Å². The Balaban J connectivity index is 2.14. The Morgan fingerprint density at radius 2 is 2.13 bits per heavy atom. The van der Waals surface area contributed by atoms with Crippen molar-refractivity contribution in [3.63, 3.8) is 0 Å². The van der Waals surface area contributed by atoms with Gasteiger partial charge in [-0.1, -0.05) is 0 Å². The lowest BCUT2D eigenvalue weighted by Gasteiger charge is -2.23. The minimum atomic E-state index is 0.0512. The minimum Gasteiger partial charge on any atom is -0.395 e. The zero-order valence-electron chi connectivity index (χ0n) is 9.54. The summed E-state index contributed by atoms with van der Waals surface area (Å²) in [6.45, 7) is 2.68. The van der Waals surface area contributed by atoms with Crippen LogP contribution >= 0.6 is 0 Å². The van der Waals surface area contributed by atoms with Crippen molar-refractivity contribution in [1.29, 1.82) is 0 Å². The van der Waals surface area contributed by atoms with Crippen molar-refractivity contribution in [1.82, 2.24) is 10.2 Å². The first-order chi connectivity index (χ1) is 7.24. The van der Waals surface area contributed by atoms with E-state index in [-0.39, 0.29) is 12.5 Å². The lowest BCUT2D eigenvalue weighted by Crippen LogP contribution is -2.31. The molecule has 1 saturated heterocycles. The van der Waals surface area contributed by atoms with Crippen molar-refractivity contribution < 1.29 is 9.90 Å². The third-order valence-corrected chi connectivity index (χ3v) is 3.09. The number of amides is 1. The molecule has 4 nitrogen and oxygen atoms in total. The molecule has 0 aliphatic carbocycles. The molecule has 1 heterocycles. The molecule has 0 aromatic rings. The normalized spacial score (nSPS) is 17.7. The van der Waals surface area contributed by atoms with Gasteiger partial charge in [-0.2, -0.15) is 0 Å². The maximum absolute atomic E-state index is 11.6. The Morgan fingerprint density at radius 1 is 1.47 bits per heavy atom. The van der Waals surface area contributed by atoms with Gasteiger partial charge in [0, 0.05) is 20.0 Å². The quantitative estimate of drug-likeness (QED) is 0.688. The third-order valence-electron chi connectivity index (χ3n) is 3.09. The van der Waals surface area contributed by atoms with E-state index >= 15 is 0 Å². The highest BCUT2D eigenvalue weighted by Gasteiger charge is 2.15. The second kappa shape index (κ2) is 6.80. The van der Waals surface area contributed by atoms with Crippen LogP contribution in [0.1, 0.15) is 25.7 Å². The highest BCUT2D eigenvalue weighted by Crippen LogP contribution is 2.17. The van der Waals surface area contributed by atoms with E-state index in [9.17, 15) is 4.79 Å². The molecule has 1 fully saturated rings. The van der Waals surface area contributed by atoms with Crippen LogP contribution in [0.5, 0.6) is 0 Å². The van der Waals surface area contributed by atoms with E-state index in [1.807, 2.05) is 0 Å². The number of nitrogens with zero attached hydrogens (tertiary/aromatic N) is 1. The molecule has 2 N–H and O–H groups in total. The Labute approximate surface area is 91.6 Å². The van der Waals surface area contributed by atoms with E-state index < -0.39 is 0 Å². The van der Waals surface area contributed by atoms with Gasteiger partial charge in [0.1, 0.15) is 0 Å². The van der Waals surface area contributed by atoms with Crippen LogP contribution in [0.15, 0.2) is 0 Å². The molecule has 1 aliphatic rings. The number of likely N-dealkylation sites (N-methyl/N-ethyl adjacent to an activating group) is 1. The molecule has 0 bridgehead atoms. The molecule has 0 spiro atoms. The van der Waals surface area contributed by atoms with Crippen LogP contribution in [-0.4, -0.2) is 49.2 Å². The van der Waals surface area contributed by atoms with Crippen molar-refractivity contribution in [2.45, 2.75) is 25.7 Å². The Morgan fingerprint density at radius 3 is 2.73 bits per heavy atom. The maximum Gasteiger partial charge on any atom is 0.222 e. The summed E-state index contributed by atoms with van der Waals surface area (Å²) in [4.78, 5) is 13.2. The third kappa shape index (κ3) is 4.62. The van der Waals surface area contributed by atoms with E-state index in [1.54, 1.807) is 11.9 Å². The molecule has 0 aromatic carbocycles. The minimum absolute atomic E-state index is 0.0512. The monoisotopic (exact) mass is 214 g/mol. The summed E-state index contributed by atoms with van der Waals surface area (Å²) in [5.41, 5.74) is 0. The van der Waals surface area contributed by atoms with Gasteiger partial charge in [0.2, 0.25) is 5.91 Å². The molecule has 1 amide bonds. The van der Waals surface area contributed by atoms with Crippen molar-refractivity contribution in [3.05, 3.63) is 0 Å². The number of carbonyl (C=O) groups is 1. The van der Waals surface area contributed by atoms with E-state index in [2.05, 4.69) is 5.32 Å². The largest absolute Gasteiger partial charge is 0.395 e. The van der Waals surface area contributed by atoms with Crippen LogP contribution in [0.3, 0.4) is 0 Å². The zero-order valence-corrected chi connectivity index (χ0v) is 9.54. The van der Waals surface area contributed by atoms with Gasteiger partial charge >= 0.3 is 0 Å². The second-order valence-corrected chi connectivity index (χ2v) is 4.27. The van der Waals surface area contributed by atoms with Crippen molar-refractivity contribution in [2.24, 2.45) is 5.92 Å². The van der Waals surface area contributed by atoms with Gasteiger partial charge in [-0.15, -0.1) is 0 Å². The van der Waals surface area contributed by atoms with Crippen LogP contribution in [0, 0.1) is 5.92 Å². The fourth-order valence-electron chi connectivity index (χ4n) is 1.96. The topological polar surface area (TPSA) is 52.6 Å². The predicted molar refractivity (Wildman–Crippen MR) is 59.6 cm³/mol. The standard InChI is InChI=1S/C11H22N2O2/c1-13(8-9-14)11(15)3-2-10-4-6-12-7-5-10/h10,12,14H,2-9H2,1H3. The molecule has 0 saturated carbocycles. The number of piperidine rings is 1. The molecule has 0 unspecified atom stereocenters. The number of aliphatic hydroxyl groups is 1. The molecular formula is C11H22N2O2. The molecule has 15 heavy (non-hydrogen) atoms. The lowest BCUT2D eigenvalue weighted by molar-refractivity contribution is -0.130. The smallest absolute Gasteiger partial charge is 0.222 e. The van der Waals surface area contributed by atoms with Gasteiger partial charge in [0.15, 0.2) is 0 Å². The van der Waals surface area contributed by atoms with Crippen molar-refractivity contribution >= 4 is 5.91 Å². The van der Waals surface area contributed by atoms with Gasteiger partial charge in [0.05, 0.1) is 6.61 Å². The summed E-state index contributed by atoms with van der Waals surface area (Å²) in [6, 6.07) is 0. The molecule has 0 radical (unpaired) electrons. The van der Waals surface area contributed by atoms with Crippen LogP contribution in [0.25, 0.3) is 0 Å². The second-order valence-electron chi connectivity index (χ2n) is 4.27. The van der Waals surface area contributed by atoms with E-state index in [0.29, 0.717) is 18.9 Å². The molecular weight excluding hydrogens is 192 g/mol. The number of hydrogen-bond donors (Lipinski definition) is 2. The Kier molecular flexibility index (Phi) is 5.65. The fourth-order valence-corrected chi connectivity index (χ4v) is 1.96. The van der Waals surface area contributed by atoms with E-state index in [4.69, 9.17) is 5.11 Å². The summed E-state index contributed by atoms with van der Waals surface area (Å²) in [6.07, 6.45) is 4.01. The van der Waals surface area contributed by atoms with Gasteiger partial charge in [0.25, 0.3) is 0 Å². The average Bonchev–Trinajstić information content (AvgIpc) is 2.27. The average molecular weight is 214 g/mol. The first kappa shape index (κ1) is 12.5. The first-order valence-corrected chi connectivity index (χ1v) is 5.79.